The summed E-state index contributed by atoms with van der Waals surface area (Å²) in [7, 11) is 0. The van der Waals surface area contributed by atoms with E-state index in [0.717, 1.165) is 30.1 Å². The Morgan fingerprint density at radius 1 is 1.03 bits per heavy atom. The first kappa shape index (κ1) is 24.8. The summed E-state index contributed by atoms with van der Waals surface area (Å²) in [4.78, 5) is 0. The minimum atomic E-state index is -4.65. The normalized spacial score (nSPS) is 31.4. The van der Waals surface area contributed by atoms with Gasteiger partial charge in [0.15, 0.2) is 0 Å². The van der Waals surface area contributed by atoms with Crippen LogP contribution in [-0.4, -0.2) is 6.18 Å². The molecule has 0 aromatic heterocycles. The van der Waals surface area contributed by atoms with E-state index in [2.05, 4.69) is 27.0 Å². The minimum absolute atomic E-state index is 0.0682. The molecule has 2 rings (SSSR count). The lowest BCUT2D eigenvalue weighted by molar-refractivity contribution is -0.0696. The van der Waals surface area contributed by atoms with Crippen molar-refractivity contribution in [2.75, 3.05) is 0 Å². The molecule has 2 aliphatic carbocycles. The van der Waals surface area contributed by atoms with Gasteiger partial charge in [-0.3, -0.25) is 0 Å². The fourth-order valence-electron chi connectivity index (χ4n) is 5.24. The molecule has 0 bridgehead atoms. The summed E-state index contributed by atoms with van der Waals surface area (Å²) < 4.78 is 50.6. The van der Waals surface area contributed by atoms with Crippen molar-refractivity contribution in [2.45, 2.75) is 78.3 Å². The Labute approximate surface area is 179 Å². The minimum Gasteiger partial charge on any atom is -0.206 e. The van der Waals surface area contributed by atoms with Gasteiger partial charge in [0, 0.05) is 5.92 Å². The topological polar surface area (TPSA) is 0 Å². The summed E-state index contributed by atoms with van der Waals surface area (Å²) in [6.45, 7) is 13.9. The quantitative estimate of drug-likeness (QED) is 0.228. The van der Waals surface area contributed by atoms with Gasteiger partial charge < -0.3 is 0 Å². The summed E-state index contributed by atoms with van der Waals surface area (Å²) in [6, 6.07) is 0. The molecule has 0 nitrogen and oxygen atoms in total. The van der Waals surface area contributed by atoms with E-state index in [1.165, 1.54) is 51.0 Å². The van der Waals surface area contributed by atoms with Gasteiger partial charge in [-0.1, -0.05) is 52.7 Å². The van der Waals surface area contributed by atoms with Gasteiger partial charge in [-0.15, -0.1) is 0 Å². The van der Waals surface area contributed by atoms with E-state index in [1.54, 1.807) is 5.92 Å². The summed E-state index contributed by atoms with van der Waals surface area (Å²) in [5.41, 5.74) is 0.120. The fourth-order valence-corrected chi connectivity index (χ4v) is 5.24. The van der Waals surface area contributed by atoms with Crippen molar-refractivity contribution in [3.8, 4) is 11.8 Å². The average Bonchev–Trinajstić information content (AvgIpc) is 2.67. The molecule has 0 aromatic rings. The number of hydrogen-bond donors (Lipinski definition) is 0. The Morgan fingerprint density at radius 3 is 2.20 bits per heavy atom. The highest BCUT2D eigenvalue weighted by atomic mass is 19.4. The van der Waals surface area contributed by atoms with E-state index < -0.39 is 17.6 Å². The van der Waals surface area contributed by atoms with Crippen molar-refractivity contribution >= 4 is 0 Å². The molecule has 0 aliphatic heterocycles. The molecule has 0 radical (unpaired) electrons. The van der Waals surface area contributed by atoms with E-state index in [4.69, 9.17) is 0 Å². The van der Waals surface area contributed by atoms with Gasteiger partial charge in [0.2, 0.25) is 0 Å². The highest BCUT2D eigenvalue weighted by Crippen LogP contribution is 2.45. The van der Waals surface area contributed by atoms with E-state index >= 15 is 0 Å². The molecule has 30 heavy (non-hydrogen) atoms. The lowest BCUT2D eigenvalue weighted by atomic mass is 9.65. The van der Waals surface area contributed by atoms with Crippen LogP contribution in [0.4, 0.5) is 17.6 Å². The first-order chi connectivity index (χ1) is 14.0. The SMILES string of the molecule is C=C(C#CC(F)(F)F)/C(F)=C\C(=C)C(C)CC1CCC(C2CCC(C)CC2)CC1C. The van der Waals surface area contributed by atoms with Gasteiger partial charge in [-0.25, -0.2) is 4.39 Å². The van der Waals surface area contributed by atoms with Crippen molar-refractivity contribution in [1.29, 1.82) is 0 Å². The van der Waals surface area contributed by atoms with Gasteiger partial charge in [-0.05, 0) is 85.7 Å². The van der Waals surface area contributed by atoms with E-state index in [-0.39, 0.29) is 5.92 Å². The number of halogens is 4. The third-order valence-electron chi connectivity index (χ3n) is 7.36. The first-order valence-electron chi connectivity index (χ1n) is 11.3. The number of alkyl halides is 3. The molecule has 0 N–H and O–H groups in total. The maximum Gasteiger partial charge on any atom is 0.458 e. The van der Waals surface area contributed by atoms with Crippen LogP contribution >= 0.6 is 0 Å². The van der Waals surface area contributed by atoms with Crippen molar-refractivity contribution in [2.24, 2.45) is 35.5 Å². The van der Waals surface area contributed by atoms with Gasteiger partial charge in [0.1, 0.15) is 5.83 Å². The summed E-state index contributed by atoms with van der Waals surface area (Å²) in [5, 5.41) is 0. The maximum atomic E-state index is 14.2. The molecule has 168 valence electrons. The molecule has 0 heterocycles. The Kier molecular flexibility index (Phi) is 8.83. The highest BCUT2D eigenvalue weighted by Gasteiger charge is 2.34. The Hall–Kier alpha value is -1.50. The average molecular weight is 425 g/mol. The fraction of sp³-hybridized carbons (Fsp3) is 0.692. The molecule has 4 heteroatoms. The molecule has 0 aromatic carbocycles. The van der Waals surface area contributed by atoms with Crippen molar-refractivity contribution in [1.82, 2.24) is 0 Å². The van der Waals surface area contributed by atoms with Crippen LogP contribution in [0.25, 0.3) is 0 Å². The zero-order valence-corrected chi connectivity index (χ0v) is 18.6. The smallest absolute Gasteiger partial charge is 0.206 e. The van der Waals surface area contributed by atoms with Crippen LogP contribution in [-0.2, 0) is 0 Å². The van der Waals surface area contributed by atoms with Gasteiger partial charge in [0.05, 0.1) is 5.57 Å². The van der Waals surface area contributed by atoms with Crippen molar-refractivity contribution < 1.29 is 17.6 Å². The van der Waals surface area contributed by atoms with Crippen LogP contribution in [0.2, 0.25) is 0 Å². The van der Waals surface area contributed by atoms with Crippen LogP contribution in [0.3, 0.4) is 0 Å². The third kappa shape index (κ3) is 7.64. The zero-order valence-electron chi connectivity index (χ0n) is 18.6. The molecular weight excluding hydrogens is 388 g/mol. The molecule has 4 unspecified atom stereocenters. The second-order valence-electron chi connectivity index (χ2n) is 9.76. The number of hydrogen-bond acceptors (Lipinski definition) is 0. The van der Waals surface area contributed by atoms with Crippen molar-refractivity contribution in [3.05, 3.63) is 36.2 Å². The van der Waals surface area contributed by atoms with E-state index in [1.807, 2.05) is 6.92 Å². The summed E-state index contributed by atoms with van der Waals surface area (Å²) >= 11 is 0. The van der Waals surface area contributed by atoms with Crippen LogP contribution in [0.15, 0.2) is 36.2 Å². The van der Waals surface area contributed by atoms with E-state index in [9.17, 15) is 17.6 Å². The Bertz CT molecular complexity index is 695. The molecule has 2 saturated carbocycles. The zero-order chi connectivity index (χ0) is 22.5. The summed E-state index contributed by atoms with van der Waals surface area (Å²) in [5.74, 6) is 5.85. The lowest BCUT2D eigenvalue weighted by Gasteiger charge is -2.41. The van der Waals surface area contributed by atoms with Gasteiger partial charge in [-0.2, -0.15) is 13.2 Å². The maximum absolute atomic E-state index is 14.2. The molecule has 2 aliphatic rings. The standard InChI is InChI=1S/C26H36F4/c1-17-6-8-22(9-7-17)24-11-10-23(21(5)15-24)14-19(3)20(4)16-25(27)18(2)12-13-26(28,29)30/h16-17,19,21-24H,2,4,6-11,14-15H2,1,3,5H3/b25-16+. The molecular formula is C26H36F4. The summed E-state index contributed by atoms with van der Waals surface area (Å²) in [6.07, 6.45) is 6.71. The molecule has 0 amide bonds. The second-order valence-corrected chi connectivity index (χ2v) is 9.76. The third-order valence-corrected chi connectivity index (χ3v) is 7.36. The van der Waals surface area contributed by atoms with Crippen molar-refractivity contribution in [3.63, 3.8) is 0 Å². The van der Waals surface area contributed by atoms with Crippen LogP contribution in [0, 0.1) is 47.3 Å². The Balaban J connectivity index is 1.86. The van der Waals surface area contributed by atoms with Crippen LogP contribution < -0.4 is 0 Å². The monoisotopic (exact) mass is 424 g/mol. The number of rotatable bonds is 6. The van der Waals surface area contributed by atoms with E-state index in [0.29, 0.717) is 17.4 Å². The molecule has 0 saturated heterocycles. The predicted molar refractivity (Wildman–Crippen MR) is 116 cm³/mol. The number of allylic oxidation sites excluding steroid dienone is 4. The lowest BCUT2D eigenvalue weighted by Crippen LogP contribution is -2.30. The predicted octanol–water partition coefficient (Wildman–Crippen LogP) is 8.42. The highest BCUT2D eigenvalue weighted by molar-refractivity contribution is 5.43. The van der Waals surface area contributed by atoms with Crippen LogP contribution in [0.1, 0.15) is 72.1 Å². The largest absolute Gasteiger partial charge is 0.458 e. The first-order valence-corrected chi connectivity index (χ1v) is 11.3. The molecule has 0 spiro atoms. The second kappa shape index (κ2) is 10.7. The Morgan fingerprint density at radius 2 is 1.63 bits per heavy atom. The van der Waals surface area contributed by atoms with Crippen LogP contribution in [0.5, 0.6) is 0 Å². The molecule has 2 fully saturated rings. The van der Waals surface area contributed by atoms with Gasteiger partial charge >= 0.3 is 6.18 Å². The van der Waals surface area contributed by atoms with Gasteiger partial charge in [0.25, 0.3) is 0 Å². The molecule has 4 atom stereocenters.